The van der Waals surface area contributed by atoms with E-state index in [0.717, 1.165) is 12.8 Å². The summed E-state index contributed by atoms with van der Waals surface area (Å²) in [5.74, 6) is -0.102. The summed E-state index contributed by atoms with van der Waals surface area (Å²) in [6.45, 7) is 4.23. The Kier molecular flexibility index (Phi) is 6.27. The zero-order chi connectivity index (χ0) is 12.7. The standard InChI is InChI=1S/C13H20ClFN2/c1-3-4-5-6-7-10(2)17-13-12(15)8-11(14)9-16-13/h8-10H,3-7H2,1-2H3,(H,16,17). The molecule has 17 heavy (non-hydrogen) atoms. The molecule has 0 saturated carbocycles. The maximum absolute atomic E-state index is 13.4. The second-order valence-electron chi connectivity index (χ2n) is 4.38. The third kappa shape index (κ3) is 5.35. The van der Waals surface area contributed by atoms with Crippen LogP contribution in [0, 0.1) is 5.82 Å². The van der Waals surface area contributed by atoms with E-state index in [9.17, 15) is 4.39 Å². The van der Waals surface area contributed by atoms with Gasteiger partial charge in [0, 0.05) is 12.2 Å². The lowest BCUT2D eigenvalue weighted by Crippen LogP contribution is -2.16. The quantitative estimate of drug-likeness (QED) is 0.721. The van der Waals surface area contributed by atoms with Gasteiger partial charge in [-0.1, -0.05) is 44.2 Å². The molecule has 96 valence electrons. The number of unbranched alkanes of at least 4 members (excludes halogenated alkanes) is 3. The normalized spacial score (nSPS) is 12.5. The van der Waals surface area contributed by atoms with Crippen LogP contribution in [-0.2, 0) is 0 Å². The Morgan fingerprint density at radius 2 is 2.18 bits per heavy atom. The van der Waals surface area contributed by atoms with E-state index in [1.807, 2.05) is 6.92 Å². The molecule has 1 N–H and O–H groups in total. The van der Waals surface area contributed by atoms with Gasteiger partial charge in [0.2, 0.25) is 0 Å². The molecule has 0 saturated heterocycles. The SMILES string of the molecule is CCCCCCC(C)Nc1ncc(Cl)cc1F. The second kappa shape index (κ2) is 7.49. The third-order valence-corrected chi connectivity index (χ3v) is 2.89. The van der Waals surface area contributed by atoms with Crippen molar-refractivity contribution in [3.05, 3.63) is 23.1 Å². The summed E-state index contributed by atoms with van der Waals surface area (Å²) in [5.41, 5.74) is 0. The summed E-state index contributed by atoms with van der Waals surface area (Å²) < 4.78 is 13.4. The van der Waals surface area contributed by atoms with Crippen molar-refractivity contribution in [2.45, 2.75) is 52.0 Å². The molecule has 1 unspecified atom stereocenters. The molecule has 0 aliphatic heterocycles. The molecule has 1 rings (SSSR count). The molecule has 0 bridgehead atoms. The van der Waals surface area contributed by atoms with Crippen LogP contribution >= 0.6 is 11.6 Å². The fraction of sp³-hybridized carbons (Fsp3) is 0.615. The van der Waals surface area contributed by atoms with E-state index in [1.54, 1.807) is 0 Å². The number of nitrogens with one attached hydrogen (secondary N) is 1. The molecule has 0 aliphatic rings. The Bertz CT molecular complexity index is 344. The first-order valence-electron chi connectivity index (χ1n) is 6.21. The van der Waals surface area contributed by atoms with Crippen molar-refractivity contribution < 1.29 is 4.39 Å². The predicted molar refractivity (Wildman–Crippen MR) is 71.0 cm³/mol. The lowest BCUT2D eigenvalue weighted by atomic mass is 10.1. The summed E-state index contributed by atoms with van der Waals surface area (Å²) >= 11 is 5.64. The van der Waals surface area contributed by atoms with Gasteiger partial charge in [-0.2, -0.15) is 0 Å². The minimum Gasteiger partial charge on any atom is -0.365 e. The average molecular weight is 259 g/mol. The molecule has 1 aromatic heterocycles. The molecule has 0 aromatic carbocycles. The molecule has 0 fully saturated rings. The highest BCUT2D eigenvalue weighted by Crippen LogP contribution is 2.17. The van der Waals surface area contributed by atoms with Crippen LogP contribution in [-0.4, -0.2) is 11.0 Å². The van der Waals surface area contributed by atoms with E-state index in [0.29, 0.717) is 5.02 Å². The molecule has 4 heteroatoms. The average Bonchev–Trinajstić information content (AvgIpc) is 2.28. The zero-order valence-electron chi connectivity index (χ0n) is 10.5. The topological polar surface area (TPSA) is 24.9 Å². The van der Waals surface area contributed by atoms with E-state index < -0.39 is 5.82 Å². The lowest BCUT2D eigenvalue weighted by molar-refractivity contribution is 0.582. The predicted octanol–water partition coefficient (Wildman–Crippen LogP) is 4.64. The highest BCUT2D eigenvalue weighted by Gasteiger charge is 2.08. The van der Waals surface area contributed by atoms with Gasteiger partial charge in [-0.05, 0) is 19.4 Å². The number of hydrogen-bond acceptors (Lipinski definition) is 2. The van der Waals surface area contributed by atoms with Gasteiger partial charge in [0.25, 0.3) is 0 Å². The summed E-state index contributed by atoms with van der Waals surface area (Å²) in [6.07, 6.45) is 7.38. The van der Waals surface area contributed by atoms with Gasteiger partial charge in [-0.25, -0.2) is 9.37 Å². The summed E-state index contributed by atoms with van der Waals surface area (Å²) in [5, 5.41) is 3.39. The first-order valence-corrected chi connectivity index (χ1v) is 6.59. The Balaban J connectivity index is 2.37. The number of hydrogen-bond donors (Lipinski definition) is 1. The molecule has 0 radical (unpaired) electrons. The number of rotatable bonds is 7. The highest BCUT2D eigenvalue weighted by atomic mass is 35.5. The van der Waals surface area contributed by atoms with Gasteiger partial charge >= 0.3 is 0 Å². The van der Waals surface area contributed by atoms with Crippen molar-refractivity contribution in [1.82, 2.24) is 4.98 Å². The van der Waals surface area contributed by atoms with Crippen molar-refractivity contribution in [2.75, 3.05) is 5.32 Å². The number of nitrogens with zero attached hydrogens (tertiary/aromatic N) is 1. The van der Waals surface area contributed by atoms with Crippen LogP contribution in [0.3, 0.4) is 0 Å². The van der Waals surface area contributed by atoms with E-state index in [1.165, 1.54) is 31.5 Å². The Hall–Kier alpha value is -0.830. The molecular formula is C13H20ClFN2. The van der Waals surface area contributed by atoms with E-state index in [2.05, 4.69) is 17.2 Å². The Labute approximate surface area is 108 Å². The fourth-order valence-electron chi connectivity index (χ4n) is 1.70. The largest absolute Gasteiger partial charge is 0.365 e. The van der Waals surface area contributed by atoms with Crippen molar-refractivity contribution >= 4 is 17.4 Å². The van der Waals surface area contributed by atoms with E-state index in [-0.39, 0.29) is 11.9 Å². The van der Waals surface area contributed by atoms with Gasteiger partial charge < -0.3 is 5.32 Å². The van der Waals surface area contributed by atoms with Crippen molar-refractivity contribution in [3.8, 4) is 0 Å². The summed E-state index contributed by atoms with van der Waals surface area (Å²) in [6, 6.07) is 1.51. The summed E-state index contributed by atoms with van der Waals surface area (Å²) in [4.78, 5) is 3.94. The van der Waals surface area contributed by atoms with Crippen LogP contribution in [0.25, 0.3) is 0 Å². The van der Waals surface area contributed by atoms with Gasteiger partial charge in [0.1, 0.15) is 0 Å². The van der Waals surface area contributed by atoms with Crippen molar-refractivity contribution in [1.29, 1.82) is 0 Å². The first-order chi connectivity index (χ1) is 8.13. The van der Waals surface area contributed by atoms with E-state index in [4.69, 9.17) is 11.6 Å². The lowest BCUT2D eigenvalue weighted by Gasteiger charge is -2.14. The Morgan fingerprint density at radius 1 is 1.41 bits per heavy atom. The molecule has 1 aromatic rings. The number of aromatic nitrogens is 1. The third-order valence-electron chi connectivity index (χ3n) is 2.68. The monoisotopic (exact) mass is 258 g/mol. The minimum absolute atomic E-state index is 0.232. The van der Waals surface area contributed by atoms with Crippen molar-refractivity contribution in [2.24, 2.45) is 0 Å². The van der Waals surface area contributed by atoms with Gasteiger partial charge in [0.15, 0.2) is 11.6 Å². The zero-order valence-corrected chi connectivity index (χ0v) is 11.2. The van der Waals surface area contributed by atoms with Gasteiger partial charge in [0.05, 0.1) is 5.02 Å². The molecule has 1 heterocycles. The van der Waals surface area contributed by atoms with Crippen LogP contribution in [0.4, 0.5) is 10.2 Å². The first kappa shape index (κ1) is 14.2. The molecule has 0 spiro atoms. The molecule has 2 nitrogen and oxygen atoms in total. The minimum atomic E-state index is -0.391. The van der Waals surface area contributed by atoms with Gasteiger partial charge in [-0.15, -0.1) is 0 Å². The second-order valence-corrected chi connectivity index (χ2v) is 4.82. The number of pyridine rings is 1. The highest BCUT2D eigenvalue weighted by molar-refractivity contribution is 6.30. The fourth-order valence-corrected chi connectivity index (χ4v) is 1.85. The van der Waals surface area contributed by atoms with Crippen LogP contribution < -0.4 is 5.32 Å². The summed E-state index contributed by atoms with van der Waals surface area (Å²) in [7, 11) is 0. The molecular weight excluding hydrogens is 239 g/mol. The van der Waals surface area contributed by atoms with Crippen LogP contribution in [0.1, 0.15) is 46.0 Å². The molecule has 0 aliphatic carbocycles. The maximum atomic E-state index is 13.4. The van der Waals surface area contributed by atoms with Crippen molar-refractivity contribution in [3.63, 3.8) is 0 Å². The van der Waals surface area contributed by atoms with Crippen LogP contribution in [0.5, 0.6) is 0 Å². The van der Waals surface area contributed by atoms with Crippen LogP contribution in [0.2, 0.25) is 5.02 Å². The number of anilines is 1. The smallest absolute Gasteiger partial charge is 0.166 e. The maximum Gasteiger partial charge on any atom is 0.166 e. The molecule has 1 atom stereocenters. The van der Waals surface area contributed by atoms with Crippen LogP contribution in [0.15, 0.2) is 12.3 Å². The Morgan fingerprint density at radius 3 is 2.82 bits per heavy atom. The van der Waals surface area contributed by atoms with E-state index >= 15 is 0 Å². The van der Waals surface area contributed by atoms with Gasteiger partial charge in [-0.3, -0.25) is 0 Å². The number of halogens is 2. The molecule has 0 amide bonds.